The van der Waals surface area contributed by atoms with E-state index in [1.54, 1.807) is 0 Å². The number of nitrogens with zero attached hydrogens (tertiary/aromatic N) is 3. The Hall–Kier alpha value is -7.63. The molecule has 270 valence electrons. The largest absolute Gasteiger partial charge is 0.458 e. The molecule has 0 saturated heterocycles. The summed E-state index contributed by atoms with van der Waals surface area (Å²) in [6.45, 7) is -0.0100. The van der Waals surface area contributed by atoms with Crippen LogP contribution in [0, 0.1) is 0 Å². The summed E-state index contributed by atoms with van der Waals surface area (Å²) in [5.74, 6) is 3.44. The second kappa shape index (κ2) is 13.0. The predicted molar refractivity (Wildman–Crippen MR) is 241 cm³/mol. The maximum absolute atomic E-state index is 6.85. The van der Waals surface area contributed by atoms with Crippen LogP contribution >= 0.6 is 0 Å². The molecule has 0 aliphatic carbocycles. The van der Waals surface area contributed by atoms with Crippen molar-refractivity contribution in [1.82, 2.24) is 14.1 Å². The average Bonchev–Trinajstić information content (AvgIpc) is 3.81. The number of ether oxygens (including phenoxy) is 1. The molecule has 0 saturated carbocycles. The summed E-state index contributed by atoms with van der Waals surface area (Å²) in [6, 6.07) is 73.7. The second-order valence-electron chi connectivity index (χ2n) is 15.1. The molecule has 0 fully saturated rings. The highest BCUT2D eigenvalue weighted by Gasteiger charge is 2.34. The van der Waals surface area contributed by atoms with Crippen molar-refractivity contribution in [2.45, 2.75) is 0 Å². The lowest BCUT2D eigenvalue weighted by Gasteiger charge is -2.28. The van der Waals surface area contributed by atoms with Crippen LogP contribution in [0.3, 0.4) is 0 Å². The Bertz CT molecular complexity index is 3160. The average molecular weight is 740 g/mol. The van der Waals surface area contributed by atoms with E-state index in [0.29, 0.717) is 0 Å². The fraction of sp³-hybridized carbons (Fsp3) is 0. The number of hydrogen-bond donors (Lipinski definition) is 0. The zero-order chi connectivity index (χ0) is 38.2. The molecule has 4 nitrogen and oxygen atoms in total. The van der Waals surface area contributed by atoms with Gasteiger partial charge in [0, 0.05) is 21.5 Å². The summed E-state index contributed by atoms with van der Waals surface area (Å²) in [5, 5.41) is 4.80. The number of fused-ring (bicyclic) bond motifs is 8. The lowest BCUT2D eigenvalue weighted by Crippen LogP contribution is -2.55. The number of pyridine rings is 1. The third kappa shape index (κ3) is 5.00. The Balaban J connectivity index is 1.10. The molecule has 0 bridgehead atoms. The van der Waals surface area contributed by atoms with Gasteiger partial charge in [-0.25, -0.2) is 4.98 Å². The molecule has 0 spiro atoms. The number of benzene rings is 8. The molecule has 58 heavy (non-hydrogen) atoms. The Morgan fingerprint density at radius 1 is 0.345 bits per heavy atom. The quantitative estimate of drug-likeness (QED) is 0.165. The lowest BCUT2D eigenvalue weighted by molar-refractivity contribution is 0.487. The van der Waals surface area contributed by atoms with Gasteiger partial charge in [0.05, 0.1) is 22.1 Å². The van der Waals surface area contributed by atoms with Crippen LogP contribution in [0.4, 0.5) is 0 Å². The number of para-hydroxylation sites is 5. The predicted octanol–water partition coefficient (Wildman–Crippen LogP) is 11.2. The van der Waals surface area contributed by atoms with Crippen molar-refractivity contribution in [3.8, 4) is 45.4 Å². The van der Waals surface area contributed by atoms with Gasteiger partial charge in [-0.1, -0.05) is 163 Å². The fourth-order valence-corrected chi connectivity index (χ4v) is 9.34. The first-order chi connectivity index (χ1) is 28.8. The van der Waals surface area contributed by atoms with Crippen LogP contribution in [-0.4, -0.2) is 20.8 Å². The van der Waals surface area contributed by atoms with Crippen molar-refractivity contribution < 1.29 is 4.74 Å². The van der Waals surface area contributed by atoms with Crippen LogP contribution in [0.15, 0.2) is 206 Å². The highest BCUT2D eigenvalue weighted by molar-refractivity contribution is 6.97. The van der Waals surface area contributed by atoms with E-state index in [1.165, 1.54) is 38.1 Å². The summed E-state index contributed by atoms with van der Waals surface area (Å²) < 4.78 is 11.5. The molecule has 1 aliphatic heterocycles. The first-order valence-electron chi connectivity index (χ1n) is 19.8. The van der Waals surface area contributed by atoms with E-state index in [0.717, 1.165) is 67.3 Å². The van der Waals surface area contributed by atoms with Gasteiger partial charge in [-0.15, -0.1) is 0 Å². The third-order valence-corrected chi connectivity index (χ3v) is 11.9. The Morgan fingerprint density at radius 3 is 1.40 bits per heavy atom. The molecule has 12 rings (SSSR count). The van der Waals surface area contributed by atoms with Gasteiger partial charge >= 0.3 is 0 Å². The van der Waals surface area contributed by atoms with Gasteiger partial charge in [0.25, 0.3) is 6.71 Å². The summed E-state index contributed by atoms with van der Waals surface area (Å²) in [5.41, 5.74) is 12.6. The van der Waals surface area contributed by atoms with Crippen molar-refractivity contribution in [3.05, 3.63) is 206 Å². The SMILES string of the molecule is c1ccc(-c2ccccc2B2c3ccccc3Oc3cc(-c4cc(-n5c6ccccc6c6ccccc65)nc(-n5c6ccccc6c6ccccc65)c4)ccc32)cc1. The van der Waals surface area contributed by atoms with Crippen molar-refractivity contribution in [1.29, 1.82) is 0 Å². The van der Waals surface area contributed by atoms with E-state index in [-0.39, 0.29) is 6.71 Å². The Morgan fingerprint density at radius 2 is 0.810 bits per heavy atom. The zero-order valence-corrected chi connectivity index (χ0v) is 31.5. The van der Waals surface area contributed by atoms with Gasteiger partial charge in [0.1, 0.15) is 23.1 Å². The first kappa shape index (κ1) is 32.6. The van der Waals surface area contributed by atoms with E-state index in [1.807, 2.05) is 0 Å². The van der Waals surface area contributed by atoms with Crippen molar-refractivity contribution in [3.63, 3.8) is 0 Å². The molecule has 0 radical (unpaired) electrons. The normalized spacial score (nSPS) is 12.2. The molecule has 0 unspecified atom stereocenters. The van der Waals surface area contributed by atoms with Crippen LogP contribution in [0.2, 0.25) is 0 Å². The van der Waals surface area contributed by atoms with Gasteiger partial charge in [0.15, 0.2) is 0 Å². The summed E-state index contributed by atoms with van der Waals surface area (Å²) in [4.78, 5) is 5.55. The van der Waals surface area contributed by atoms with Gasteiger partial charge in [-0.05, 0) is 81.7 Å². The molecule has 0 atom stereocenters. The van der Waals surface area contributed by atoms with Crippen molar-refractivity contribution in [2.24, 2.45) is 0 Å². The van der Waals surface area contributed by atoms with E-state index in [2.05, 4.69) is 215 Å². The van der Waals surface area contributed by atoms with Crippen LogP contribution in [0.1, 0.15) is 0 Å². The Labute approximate surface area is 335 Å². The molecule has 5 heteroatoms. The van der Waals surface area contributed by atoms with Crippen molar-refractivity contribution in [2.75, 3.05) is 0 Å². The minimum atomic E-state index is -0.0100. The molecule has 11 aromatic rings. The van der Waals surface area contributed by atoms with Gasteiger partial charge in [-0.3, -0.25) is 9.13 Å². The maximum Gasteiger partial charge on any atom is 0.251 e. The van der Waals surface area contributed by atoms with Crippen LogP contribution in [-0.2, 0) is 0 Å². The highest BCUT2D eigenvalue weighted by Crippen LogP contribution is 2.37. The zero-order valence-electron chi connectivity index (χ0n) is 31.5. The number of hydrogen-bond acceptors (Lipinski definition) is 2. The molecule has 0 amide bonds. The molecule has 3 aromatic heterocycles. The maximum atomic E-state index is 6.85. The minimum Gasteiger partial charge on any atom is -0.458 e. The minimum absolute atomic E-state index is 0.0100. The van der Waals surface area contributed by atoms with Crippen molar-refractivity contribution >= 4 is 66.7 Å². The van der Waals surface area contributed by atoms with Crippen LogP contribution < -0.4 is 21.1 Å². The molecule has 0 N–H and O–H groups in total. The van der Waals surface area contributed by atoms with Gasteiger partial charge in [-0.2, -0.15) is 0 Å². The molecule has 8 aromatic carbocycles. The smallest absolute Gasteiger partial charge is 0.251 e. The van der Waals surface area contributed by atoms with Gasteiger partial charge < -0.3 is 4.74 Å². The highest BCUT2D eigenvalue weighted by atomic mass is 16.5. The van der Waals surface area contributed by atoms with E-state index in [9.17, 15) is 0 Å². The Kier molecular flexibility index (Phi) is 7.29. The van der Waals surface area contributed by atoms with E-state index < -0.39 is 0 Å². The standard InChI is InChI=1S/C53H34BN3O/c1-2-16-35(17-3-1)38-18-4-9-23-43(38)54-44-24-10-15-29-50(44)58-51-32-36(30-31-45(51)54)37-33-52(56-46-25-11-5-19-39(46)40-20-6-12-26-47(40)56)55-53(34-37)57-48-27-13-7-21-41(48)42-22-8-14-28-49(42)57/h1-34H. The first-order valence-corrected chi connectivity index (χ1v) is 19.8. The lowest BCUT2D eigenvalue weighted by atomic mass is 9.35. The summed E-state index contributed by atoms with van der Waals surface area (Å²) in [6.07, 6.45) is 0. The molecular weight excluding hydrogens is 705 g/mol. The number of rotatable bonds is 5. The molecular formula is C53H34BN3O. The van der Waals surface area contributed by atoms with Gasteiger partial charge in [0.2, 0.25) is 0 Å². The second-order valence-corrected chi connectivity index (χ2v) is 15.1. The summed E-state index contributed by atoms with van der Waals surface area (Å²) in [7, 11) is 0. The third-order valence-electron chi connectivity index (χ3n) is 11.9. The van der Waals surface area contributed by atoms with E-state index >= 15 is 0 Å². The molecule has 1 aliphatic rings. The van der Waals surface area contributed by atoms with E-state index in [4.69, 9.17) is 9.72 Å². The molecule has 4 heterocycles. The van der Waals surface area contributed by atoms with Crippen LogP contribution in [0.25, 0.3) is 77.5 Å². The van der Waals surface area contributed by atoms with Crippen LogP contribution in [0.5, 0.6) is 11.5 Å². The topological polar surface area (TPSA) is 32.0 Å². The monoisotopic (exact) mass is 739 g/mol. The fourth-order valence-electron chi connectivity index (χ4n) is 9.34. The summed E-state index contributed by atoms with van der Waals surface area (Å²) >= 11 is 0. The number of aromatic nitrogens is 3.